The van der Waals surface area contributed by atoms with Crippen LogP contribution in [0, 0.1) is 17.2 Å². The lowest BCUT2D eigenvalue weighted by atomic mass is 10.0. The molecular weight excluding hydrogens is 396 g/mol. The maximum atomic E-state index is 13.1. The number of piperazine rings is 1. The van der Waals surface area contributed by atoms with Gasteiger partial charge < -0.3 is 14.9 Å². The van der Waals surface area contributed by atoms with Crippen molar-refractivity contribution in [2.24, 2.45) is 5.92 Å². The summed E-state index contributed by atoms with van der Waals surface area (Å²) in [5.74, 6) is -1.21. The van der Waals surface area contributed by atoms with Gasteiger partial charge in [0.15, 0.2) is 0 Å². The van der Waals surface area contributed by atoms with Gasteiger partial charge in [-0.2, -0.15) is 5.26 Å². The Morgan fingerprint density at radius 2 is 2.10 bits per heavy atom. The molecule has 0 radical (unpaired) electrons. The number of carbonyl (C=O) groups excluding carboxylic acids is 2. The number of hydrogen-bond acceptors (Lipinski definition) is 5. The Morgan fingerprint density at radius 3 is 2.77 bits per heavy atom. The molecule has 0 aromatic heterocycles. The molecule has 0 aliphatic carbocycles. The lowest BCUT2D eigenvalue weighted by Gasteiger charge is -2.38. The van der Waals surface area contributed by atoms with E-state index in [1.54, 1.807) is 23.1 Å². The van der Waals surface area contributed by atoms with Gasteiger partial charge in [0.25, 0.3) is 0 Å². The van der Waals surface area contributed by atoms with Crippen LogP contribution in [0.25, 0.3) is 0 Å². The van der Waals surface area contributed by atoms with Crippen molar-refractivity contribution in [1.29, 1.82) is 5.26 Å². The van der Waals surface area contributed by atoms with E-state index in [0.29, 0.717) is 19.6 Å². The number of fused-ring (bicyclic) bond motifs is 2. The van der Waals surface area contributed by atoms with Gasteiger partial charge in [0.2, 0.25) is 11.8 Å². The topological polar surface area (TPSA) is 105 Å². The third-order valence-electron chi connectivity index (χ3n) is 6.96. The van der Waals surface area contributed by atoms with Crippen molar-refractivity contribution >= 4 is 17.8 Å². The zero-order valence-corrected chi connectivity index (χ0v) is 17.9. The van der Waals surface area contributed by atoms with Crippen LogP contribution in [0.1, 0.15) is 55.1 Å². The fraction of sp³-hybridized carbons (Fsp3) is 0.565. The summed E-state index contributed by atoms with van der Waals surface area (Å²) in [6, 6.07) is 8.25. The van der Waals surface area contributed by atoms with Gasteiger partial charge >= 0.3 is 5.97 Å². The summed E-state index contributed by atoms with van der Waals surface area (Å²) in [6.45, 7) is 5.66. The van der Waals surface area contributed by atoms with Gasteiger partial charge in [-0.25, -0.2) is 4.79 Å². The van der Waals surface area contributed by atoms with Crippen molar-refractivity contribution in [3.8, 4) is 6.07 Å². The Hall–Kier alpha value is -2.92. The monoisotopic (exact) mass is 424 g/mol. The predicted molar refractivity (Wildman–Crippen MR) is 112 cm³/mol. The van der Waals surface area contributed by atoms with E-state index in [-0.39, 0.29) is 47.5 Å². The van der Waals surface area contributed by atoms with Gasteiger partial charge in [0.05, 0.1) is 23.7 Å². The van der Waals surface area contributed by atoms with Crippen LogP contribution in [-0.2, 0) is 9.59 Å². The standard InChI is InChI=1S/C23H28N4O4/c1-14(21(28)26-8-4-7-18(26)11-24)12-25-13-19-10-20(25)22(29)27(19)15(2)16-5-3-6-17(9-16)23(30)31/h3,5-6,9,14-15,18-20H,4,7-8,10,12-13H2,1-2H3,(H,30,31)/t14-,15-,18-,19+,20+/m0/s1. The largest absolute Gasteiger partial charge is 0.478 e. The molecule has 2 bridgehead atoms. The predicted octanol–water partition coefficient (Wildman–Crippen LogP) is 1.88. The van der Waals surface area contributed by atoms with Gasteiger partial charge in [-0.1, -0.05) is 19.1 Å². The van der Waals surface area contributed by atoms with Gasteiger partial charge in [-0.15, -0.1) is 0 Å². The Bertz CT molecular complexity index is 942. The van der Waals surface area contributed by atoms with E-state index in [9.17, 15) is 24.8 Å². The minimum Gasteiger partial charge on any atom is -0.478 e. The van der Waals surface area contributed by atoms with E-state index in [4.69, 9.17) is 0 Å². The molecule has 3 saturated heterocycles. The Morgan fingerprint density at radius 1 is 1.32 bits per heavy atom. The molecule has 1 aromatic carbocycles. The number of aromatic carboxylic acids is 1. The maximum Gasteiger partial charge on any atom is 0.335 e. The molecule has 0 unspecified atom stereocenters. The maximum absolute atomic E-state index is 13.1. The number of benzene rings is 1. The second-order valence-corrected chi connectivity index (χ2v) is 8.93. The molecule has 1 aromatic rings. The first-order valence-electron chi connectivity index (χ1n) is 10.9. The molecule has 3 aliphatic heterocycles. The SMILES string of the molecule is C[C@@H](CN1C[C@H]2C[C@@H]1C(=O)N2[C@@H](C)c1cccc(C(=O)O)c1)C(=O)N1CCC[C@H]1C#N. The molecule has 3 fully saturated rings. The van der Waals surface area contributed by atoms with Crippen LogP contribution in [0.4, 0.5) is 0 Å². The lowest BCUT2D eigenvalue weighted by molar-refractivity contribution is -0.142. The minimum absolute atomic E-state index is 0.00465. The fourth-order valence-corrected chi connectivity index (χ4v) is 5.37. The van der Waals surface area contributed by atoms with Crippen molar-refractivity contribution < 1.29 is 19.5 Å². The number of likely N-dealkylation sites (tertiary alicyclic amines) is 3. The summed E-state index contributed by atoms with van der Waals surface area (Å²) in [6.07, 6.45) is 2.32. The summed E-state index contributed by atoms with van der Waals surface area (Å²) in [4.78, 5) is 42.9. The first-order valence-corrected chi connectivity index (χ1v) is 10.9. The normalized spacial score (nSPS) is 27.4. The number of nitrogens with zero attached hydrogens (tertiary/aromatic N) is 4. The van der Waals surface area contributed by atoms with E-state index in [2.05, 4.69) is 11.0 Å². The second-order valence-electron chi connectivity index (χ2n) is 8.93. The van der Waals surface area contributed by atoms with Crippen LogP contribution < -0.4 is 0 Å². The molecule has 4 rings (SSSR count). The average molecular weight is 425 g/mol. The van der Waals surface area contributed by atoms with Crippen molar-refractivity contribution in [1.82, 2.24) is 14.7 Å². The zero-order valence-electron chi connectivity index (χ0n) is 17.9. The van der Waals surface area contributed by atoms with Crippen molar-refractivity contribution in [2.75, 3.05) is 19.6 Å². The summed E-state index contributed by atoms with van der Waals surface area (Å²) in [5, 5.41) is 18.5. The molecule has 2 amide bonds. The Labute approximate surface area is 182 Å². The average Bonchev–Trinajstić information content (AvgIpc) is 3.47. The van der Waals surface area contributed by atoms with Crippen molar-refractivity contribution in [3.63, 3.8) is 0 Å². The molecule has 31 heavy (non-hydrogen) atoms. The summed E-state index contributed by atoms with van der Waals surface area (Å²) < 4.78 is 0. The number of carbonyl (C=O) groups is 3. The van der Waals surface area contributed by atoms with Crippen molar-refractivity contribution in [3.05, 3.63) is 35.4 Å². The summed E-state index contributed by atoms with van der Waals surface area (Å²) in [5.41, 5.74) is 1.03. The molecule has 8 nitrogen and oxygen atoms in total. The molecule has 8 heteroatoms. The van der Waals surface area contributed by atoms with Crippen LogP contribution >= 0.6 is 0 Å². The number of hydrogen-bond donors (Lipinski definition) is 1. The highest BCUT2D eigenvalue weighted by molar-refractivity contribution is 5.88. The third-order valence-corrected chi connectivity index (χ3v) is 6.96. The molecule has 3 heterocycles. The Balaban J connectivity index is 1.41. The molecule has 0 spiro atoms. The highest BCUT2D eigenvalue weighted by atomic mass is 16.4. The van der Waals surface area contributed by atoms with E-state index < -0.39 is 5.97 Å². The molecule has 3 aliphatic rings. The highest BCUT2D eigenvalue weighted by Crippen LogP contribution is 2.38. The van der Waals surface area contributed by atoms with E-state index >= 15 is 0 Å². The van der Waals surface area contributed by atoms with Crippen LogP contribution in [0.3, 0.4) is 0 Å². The lowest BCUT2D eigenvalue weighted by Crippen LogP contribution is -2.53. The first kappa shape index (κ1) is 21.3. The molecule has 164 valence electrons. The molecule has 5 atom stereocenters. The van der Waals surface area contributed by atoms with Gasteiger partial charge in [-0.05, 0) is 43.9 Å². The number of amides is 2. The Kier molecular flexibility index (Phi) is 5.71. The van der Waals surface area contributed by atoms with Crippen LogP contribution in [-0.4, -0.2) is 75.3 Å². The van der Waals surface area contributed by atoms with Gasteiger partial charge in [-0.3, -0.25) is 14.5 Å². The number of carboxylic acid groups (broad SMARTS) is 1. The van der Waals surface area contributed by atoms with E-state index in [0.717, 1.165) is 24.8 Å². The number of nitriles is 1. The smallest absolute Gasteiger partial charge is 0.335 e. The summed E-state index contributed by atoms with van der Waals surface area (Å²) in [7, 11) is 0. The summed E-state index contributed by atoms with van der Waals surface area (Å²) >= 11 is 0. The first-order chi connectivity index (χ1) is 14.8. The van der Waals surface area contributed by atoms with Crippen molar-refractivity contribution in [2.45, 2.75) is 57.3 Å². The molecular formula is C23H28N4O4. The molecule has 1 N–H and O–H groups in total. The van der Waals surface area contributed by atoms with Gasteiger partial charge in [0, 0.05) is 31.6 Å². The second kappa shape index (κ2) is 8.31. The highest BCUT2D eigenvalue weighted by Gasteiger charge is 2.51. The fourth-order valence-electron chi connectivity index (χ4n) is 5.37. The number of rotatable bonds is 6. The zero-order chi connectivity index (χ0) is 22.3. The minimum atomic E-state index is -0.982. The number of carboxylic acids is 1. The van der Waals surface area contributed by atoms with E-state index in [1.807, 2.05) is 24.8 Å². The van der Waals surface area contributed by atoms with Gasteiger partial charge in [0.1, 0.15) is 6.04 Å². The van der Waals surface area contributed by atoms with E-state index in [1.165, 1.54) is 0 Å². The molecule has 0 saturated carbocycles. The van der Waals surface area contributed by atoms with Crippen LogP contribution in [0.5, 0.6) is 0 Å². The quantitative estimate of drug-likeness (QED) is 0.748. The van der Waals surface area contributed by atoms with Crippen LogP contribution in [0.2, 0.25) is 0 Å². The third kappa shape index (κ3) is 3.79. The van der Waals surface area contributed by atoms with Crippen LogP contribution in [0.15, 0.2) is 24.3 Å².